The lowest BCUT2D eigenvalue weighted by molar-refractivity contribution is 0.410. The first-order valence-electron chi connectivity index (χ1n) is 5.60. The van der Waals surface area contributed by atoms with Gasteiger partial charge in [-0.05, 0) is 36.8 Å². The molecule has 0 fully saturated rings. The van der Waals surface area contributed by atoms with E-state index in [0.29, 0.717) is 0 Å². The molecular weight excluding hydrogens is 294 g/mol. The molecule has 4 heteroatoms. The van der Waals surface area contributed by atoms with Crippen molar-refractivity contribution in [3.05, 3.63) is 40.4 Å². The van der Waals surface area contributed by atoms with Crippen LogP contribution in [-0.2, 0) is 0 Å². The molecule has 0 radical (unpaired) electrons. The Morgan fingerprint density at radius 2 is 2.00 bits per heavy atom. The molecule has 0 saturated heterocycles. The van der Waals surface area contributed by atoms with E-state index >= 15 is 0 Å². The number of aryl methyl sites for hydroxylation is 1. The van der Waals surface area contributed by atoms with E-state index in [-0.39, 0.29) is 0 Å². The van der Waals surface area contributed by atoms with Crippen molar-refractivity contribution in [2.75, 3.05) is 12.4 Å². The van der Waals surface area contributed by atoms with Crippen LogP contribution in [0, 0.1) is 6.92 Å². The predicted octanol–water partition coefficient (Wildman–Crippen LogP) is 4.62. The largest absolute Gasteiger partial charge is 0.494 e. The number of nitrogens with one attached hydrogen (secondary N) is 1. The second-order valence-corrected chi connectivity index (χ2v) is 5.12. The number of ether oxygens (including phenoxy) is 2. The smallest absolute Gasteiger partial charge is 0.155 e. The lowest BCUT2D eigenvalue weighted by Gasteiger charge is -2.24. The third-order valence-corrected chi connectivity index (χ3v) is 3.32. The molecule has 0 atom stereocenters. The standard InChI is InChI=1S/C14H12BrNO2/c1-8-3-4-11-10(5-8)16-14-12(17-2)6-9(15)7-13(14)18-11/h3-7,16H,1-2H3. The van der Waals surface area contributed by atoms with E-state index in [0.717, 1.165) is 33.1 Å². The first-order chi connectivity index (χ1) is 8.67. The molecule has 18 heavy (non-hydrogen) atoms. The zero-order valence-corrected chi connectivity index (χ0v) is 11.7. The van der Waals surface area contributed by atoms with Gasteiger partial charge in [-0.15, -0.1) is 0 Å². The lowest BCUT2D eigenvalue weighted by atomic mass is 10.1. The maximum atomic E-state index is 5.88. The first kappa shape index (κ1) is 11.4. The first-order valence-corrected chi connectivity index (χ1v) is 6.40. The quantitative estimate of drug-likeness (QED) is 0.712. The highest BCUT2D eigenvalue weighted by molar-refractivity contribution is 9.10. The summed E-state index contributed by atoms with van der Waals surface area (Å²) in [7, 11) is 1.65. The second-order valence-electron chi connectivity index (χ2n) is 4.21. The van der Waals surface area contributed by atoms with Crippen molar-refractivity contribution in [2.24, 2.45) is 0 Å². The van der Waals surface area contributed by atoms with Gasteiger partial charge in [0, 0.05) is 4.47 Å². The van der Waals surface area contributed by atoms with Gasteiger partial charge in [0.2, 0.25) is 0 Å². The third-order valence-electron chi connectivity index (χ3n) is 2.87. The van der Waals surface area contributed by atoms with Gasteiger partial charge in [-0.1, -0.05) is 22.0 Å². The van der Waals surface area contributed by atoms with E-state index in [4.69, 9.17) is 9.47 Å². The summed E-state index contributed by atoms with van der Waals surface area (Å²) in [5, 5.41) is 3.36. The zero-order valence-electron chi connectivity index (χ0n) is 10.1. The Labute approximate surface area is 114 Å². The van der Waals surface area contributed by atoms with Crippen molar-refractivity contribution >= 4 is 27.3 Å². The number of halogens is 1. The number of fused-ring (bicyclic) bond motifs is 2. The Balaban J connectivity index is 2.13. The molecule has 1 aliphatic rings. The fraction of sp³-hybridized carbons (Fsp3) is 0.143. The molecule has 2 aromatic rings. The van der Waals surface area contributed by atoms with Crippen LogP contribution < -0.4 is 14.8 Å². The summed E-state index contributed by atoms with van der Waals surface area (Å²) >= 11 is 3.45. The average molecular weight is 306 g/mol. The van der Waals surface area contributed by atoms with Gasteiger partial charge < -0.3 is 14.8 Å². The van der Waals surface area contributed by atoms with Crippen molar-refractivity contribution in [3.8, 4) is 17.2 Å². The number of hydrogen-bond donors (Lipinski definition) is 1. The number of anilines is 2. The molecule has 0 bridgehead atoms. The molecule has 1 aliphatic heterocycles. The zero-order chi connectivity index (χ0) is 12.7. The molecule has 3 nitrogen and oxygen atoms in total. The van der Waals surface area contributed by atoms with Crippen LogP contribution in [0.2, 0.25) is 0 Å². The SMILES string of the molecule is COc1cc(Br)cc2c1Nc1cc(C)ccc1O2. The summed E-state index contributed by atoms with van der Waals surface area (Å²) in [6, 6.07) is 9.89. The summed E-state index contributed by atoms with van der Waals surface area (Å²) in [5.41, 5.74) is 3.01. The molecule has 0 saturated carbocycles. The Bertz CT molecular complexity index is 625. The Morgan fingerprint density at radius 3 is 2.78 bits per heavy atom. The van der Waals surface area contributed by atoms with E-state index in [1.165, 1.54) is 5.56 Å². The van der Waals surface area contributed by atoms with Crippen molar-refractivity contribution < 1.29 is 9.47 Å². The molecule has 0 spiro atoms. The van der Waals surface area contributed by atoms with Gasteiger partial charge in [0.1, 0.15) is 11.4 Å². The van der Waals surface area contributed by atoms with Crippen LogP contribution >= 0.6 is 15.9 Å². The van der Waals surface area contributed by atoms with E-state index in [2.05, 4.69) is 34.2 Å². The molecule has 2 aromatic carbocycles. The molecule has 92 valence electrons. The van der Waals surface area contributed by atoms with Crippen LogP contribution in [0.15, 0.2) is 34.8 Å². The molecule has 0 unspecified atom stereocenters. The summed E-state index contributed by atoms with van der Waals surface area (Å²) < 4.78 is 12.2. The summed E-state index contributed by atoms with van der Waals surface area (Å²) in [6.07, 6.45) is 0. The fourth-order valence-electron chi connectivity index (χ4n) is 2.01. The van der Waals surface area contributed by atoms with Crippen molar-refractivity contribution in [1.82, 2.24) is 0 Å². The second kappa shape index (κ2) is 4.21. The maximum Gasteiger partial charge on any atom is 0.155 e. The Kier molecular flexibility index (Phi) is 2.67. The summed E-state index contributed by atoms with van der Waals surface area (Å²) in [4.78, 5) is 0. The third kappa shape index (κ3) is 1.82. The van der Waals surface area contributed by atoms with Crippen LogP contribution in [0.3, 0.4) is 0 Å². The lowest BCUT2D eigenvalue weighted by Crippen LogP contribution is -2.04. The topological polar surface area (TPSA) is 30.5 Å². The van der Waals surface area contributed by atoms with Crippen LogP contribution in [0.25, 0.3) is 0 Å². The van der Waals surface area contributed by atoms with Gasteiger partial charge >= 0.3 is 0 Å². The monoisotopic (exact) mass is 305 g/mol. The number of rotatable bonds is 1. The minimum Gasteiger partial charge on any atom is -0.494 e. The Hall–Kier alpha value is -1.68. The van der Waals surface area contributed by atoms with Crippen molar-refractivity contribution in [3.63, 3.8) is 0 Å². The normalized spacial score (nSPS) is 11.9. The van der Waals surface area contributed by atoms with Gasteiger partial charge in [-0.2, -0.15) is 0 Å². The van der Waals surface area contributed by atoms with E-state index in [1.54, 1.807) is 7.11 Å². The molecule has 1 N–H and O–H groups in total. The molecular formula is C14H12BrNO2. The van der Waals surface area contributed by atoms with Crippen molar-refractivity contribution in [2.45, 2.75) is 6.92 Å². The van der Waals surface area contributed by atoms with E-state index < -0.39 is 0 Å². The van der Waals surface area contributed by atoms with Gasteiger partial charge in [0.05, 0.1) is 12.8 Å². The maximum absolute atomic E-state index is 5.88. The van der Waals surface area contributed by atoms with Gasteiger partial charge in [-0.25, -0.2) is 0 Å². The molecule has 0 aromatic heterocycles. The highest BCUT2D eigenvalue weighted by Gasteiger charge is 2.20. The highest BCUT2D eigenvalue weighted by Crippen LogP contribution is 2.47. The highest BCUT2D eigenvalue weighted by atomic mass is 79.9. The van der Waals surface area contributed by atoms with Gasteiger partial charge in [0.25, 0.3) is 0 Å². The fourth-order valence-corrected chi connectivity index (χ4v) is 2.42. The number of methoxy groups -OCH3 is 1. The van der Waals surface area contributed by atoms with Crippen LogP contribution in [-0.4, -0.2) is 7.11 Å². The average Bonchev–Trinajstić information content (AvgIpc) is 2.35. The van der Waals surface area contributed by atoms with Crippen LogP contribution in [0.5, 0.6) is 17.2 Å². The Morgan fingerprint density at radius 1 is 1.17 bits per heavy atom. The summed E-state index contributed by atoms with van der Waals surface area (Å²) in [6.45, 7) is 2.05. The minimum atomic E-state index is 0.756. The van der Waals surface area contributed by atoms with Gasteiger partial charge in [0.15, 0.2) is 11.5 Å². The predicted molar refractivity (Wildman–Crippen MR) is 75.2 cm³/mol. The number of hydrogen-bond acceptors (Lipinski definition) is 3. The van der Waals surface area contributed by atoms with E-state index in [9.17, 15) is 0 Å². The van der Waals surface area contributed by atoms with Gasteiger partial charge in [-0.3, -0.25) is 0 Å². The molecule has 0 amide bonds. The number of benzene rings is 2. The van der Waals surface area contributed by atoms with Crippen molar-refractivity contribution in [1.29, 1.82) is 0 Å². The van der Waals surface area contributed by atoms with Crippen LogP contribution in [0.1, 0.15) is 5.56 Å². The van der Waals surface area contributed by atoms with E-state index in [1.807, 2.05) is 24.3 Å². The summed E-state index contributed by atoms with van der Waals surface area (Å²) in [5.74, 6) is 2.34. The molecule has 1 heterocycles. The van der Waals surface area contributed by atoms with Crippen LogP contribution in [0.4, 0.5) is 11.4 Å². The minimum absolute atomic E-state index is 0.756. The molecule has 0 aliphatic carbocycles. The molecule has 3 rings (SSSR count).